The number of carbonyl (C=O) groups is 1. The molecule has 27 heavy (non-hydrogen) atoms. The maximum Gasteiger partial charge on any atom is 0.317 e. The molecule has 1 aliphatic rings. The minimum Gasteiger partial charge on any atom is -0.497 e. The van der Waals surface area contributed by atoms with Gasteiger partial charge in [0.1, 0.15) is 16.4 Å². The molecule has 0 saturated carbocycles. The molecule has 2 heterocycles. The molecule has 0 radical (unpaired) electrons. The van der Waals surface area contributed by atoms with Crippen molar-refractivity contribution in [2.24, 2.45) is 0 Å². The number of ether oxygens (including phenoxy) is 1. The van der Waals surface area contributed by atoms with E-state index in [2.05, 4.69) is 4.98 Å². The summed E-state index contributed by atoms with van der Waals surface area (Å²) in [5, 5.41) is 17.8. The number of carboxylic acids is 1. The molecule has 0 bridgehead atoms. The number of aromatic nitrogens is 2. The Kier molecular flexibility index (Phi) is 4.70. The van der Waals surface area contributed by atoms with E-state index in [0.717, 1.165) is 3.97 Å². The van der Waals surface area contributed by atoms with Crippen LogP contribution in [0.3, 0.4) is 0 Å². The van der Waals surface area contributed by atoms with Gasteiger partial charge in [-0.1, -0.05) is 6.92 Å². The number of nitriles is 1. The van der Waals surface area contributed by atoms with E-state index in [4.69, 9.17) is 10.00 Å². The van der Waals surface area contributed by atoms with E-state index in [1.165, 1.54) is 13.3 Å². The summed E-state index contributed by atoms with van der Waals surface area (Å²) < 4.78 is 32.6. The van der Waals surface area contributed by atoms with Gasteiger partial charge >= 0.3 is 5.97 Å². The fraction of sp³-hybridized carbons (Fsp3) is 0.389. The lowest BCUT2D eigenvalue weighted by Gasteiger charge is -2.27. The molecule has 8 nitrogen and oxygen atoms in total. The maximum atomic E-state index is 13.2. The molecule has 1 aromatic carbocycles. The Labute approximate surface area is 157 Å². The first-order valence-electron chi connectivity index (χ1n) is 8.42. The van der Waals surface area contributed by atoms with E-state index in [-0.39, 0.29) is 30.8 Å². The molecule has 1 aliphatic heterocycles. The van der Waals surface area contributed by atoms with Gasteiger partial charge in [-0.05, 0) is 37.1 Å². The number of rotatable bonds is 6. The van der Waals surface area contributed by atoms with Crippen molar-refractivity contribution in [2.45, 2.75) is 36.9 Å². The van der Waals surface area contributed by atoms with Crippen molar-refractivity contribution < 1.29 is 23.1 Å². The first-order valence-corrected chi connectivity index (χ1v) is 9.92. The molecular formula is C18H19N3O5S. The second kappa shape index (κ2) is 6.70. The molecule has 2 unspecified atom stereocenters. The van der Waals surface area contributed by atoms with Crippen LogP contribution in [-0.2, 0) is 20.2 Å². The van der Waals surface area contributed by atoms with Gasteiger partial charge in [-0.2, -0.15) is 5.26 Å². The Morgan fingerprint density at radius 3 is 2.59 bits per heavy atom. The smallest absolute Gasteiger partial charge is 0.317 e. The van der Waals surface area contributed by atoms with Crippen LogP contribution in [0.1, 0.15) is 31.9 Å². The zero-order valence-corrected chi connectivity index (χ0v) is 15.7. The number of methoxy groups -OCH3 is 1. The topological polar surface area (TPSA) is 122 Å². The SMILES string of the molecule is CCC1C(CCC#N)(C(=O)O)c2cnc(-c3ccc(OC)cc3)n2S1(=O)=O. The van der Waals surface area contributed by atoms with Gasteiger partial charge in [-0.25, -0.2) is 17.4 Å². The third kappa shape index (κ3) is 2.59. The van der Waals surface area contributed by atoms with Crippen molar-refractivity contribution in [2.75, 3.05) is 7.11 Å². The highest BCUT2D eigenvalue weighted by atomic mass is 32.2. The summed E-state index contributed by atoms with van der Waals surface area (Å²) in [6, 6.07) is 8.61. The normalized spacial score (nSPS) is 22.8. The van der Waals surface area contributed by atoms with Gasteiger partial charge in [0.15, 0.2) is 5.82 Å². The summed E-state index contributed by atoms with van der Waals surface area (Å²) in [6.45, 7) is 1.64. The Hall–Kier alpha value is -2.86. The number of fused-ring (bicyclic) bond motifs is 1. The van der Waals surface area contributed by atoms with Crippen LogP contribution in [0.2, 0.25) is 0 Å². The van der Waals surface area contributed by atoms with Gasteiger partial charge in [0.05, 0.1) is 25.1 Å². The number of imidazole rings is 1. The molecule has 0 aliphatic carbocycles. The quantitative estimate of drug-likeness (QED) is 0.803. The summed E-state index contributed by atoms with van der Waals surface area (Å²) in [7, 11) is -2.48. The molecule has 0 spiro atoms. The van der Waals surface area contributed by atoms with Gasteiger partial charge in [0.2, 0.25) is 10.0 Å². The predicted octanol–water partition coefficient (Wildman–Crippen LogP) is 2.15. The number of nitrogens with zero attached hydrogens (tertiary/aromatic N) is 3. The minimum absolute atomic E-state index is 0.0681. The van der Waals surface area contributed by atoms with Crippen molar-refractivity contribution in [3.8, 4) is 23.2 Å². The minimum atomic E-state index is -4.00. The third-order valence-corrected chi connectivity index (χ3v) is 7.41. The van der Waals surface area contributed by atoms with E-state index in [0.29, 0.717) is 11.3 Å². The van der Waals surface area contributed by atoms with Crippen molar-refractivity contribution in [1.29, 1.82) is 5.26 Å². The van der Waals surface area contributed by atoms with Gasteiger partial charge in [0, 0.05) is 12.0 Å². The van der Waals surface area contributed by atoms with Crippen LogP contribution in [0.15, 0.2) is 30.5 Å². The lowest BCUT2D eigenvalue weighted by Crippen LogP contribution is -2.45. The van der Waals surface area contributed by atoms with Crippen molar-refractivity contribution in [3.05, 3.63) is 36.2 Å². The van der Waals surface area contributed by atoms with E-state index in [1.807, 2.05) is 6.07 Å². The first-order chi connectivity index (χ1) is 12.8. The highest BCUT2D eigenvalue weighted by Crippen LogP contribution is 2.47. The van der Waals surface area contributed by atoms with Crippen LogP contribution >= 0.6 is 0 Å². The molecule has 0 saturated heterocycles. The first kappa shape index (κ1) is 18.9. The fourth-order valence-corrected chi connectivity index (χ4v) is 6.23. The van der Waals surface area contributed by atoms with E-state index in [9.17, 15) is 18.3 Å². The number of hydrogen-bond donors (Lipinski definition) is 1. The fourth-order valence-electron chi connectivity index (χ4n) is 3.83. The highest BCUT2D eigenvalue weighted by molar-refractivity contribution is 7.91. The summed E-state index contributed by atoms with van der Waals surface area (Å²) in [5.74, 6) is -0.491. The zero-order chi connectivity index (χ0) is 19.8. The molecule has 2 aromatic rings. The summed E-state index contributed by atoms with van der Waals surface area (Å²) in [4.78, 5) is 16.5. The molecule has 0 fully saturated rings. The Morgan fingerprint density at radius 1 is 1.41 bits per heavy atom. The lowest BCUT2D eigenvalue weighted by atomic mass is 9.76. The molecule has 1 aromatic heterocycles. The van der Waals surface area contributed by atoms with Crippen LogP contribution in [0, 0.1) is 11.3 Å². The van der Waals surface area contributed by atoms with Gasteiger partial charge < -0.3 is 9.84 Å². The van der Waals surface area contributed by atoms with Crippen LogP contribution in [-0.4, -0.2) is 40.8 Å². The Balaban J connectivity index is 2.26. The second-order valence-corrected chi connectivity index (χ2v) is 8.30. The highest BCUT2D eigenvalue weighted by Gasteiger charge is 2.61. The average molecular weight is 389 g/mol. The molecule has 2 atom stereocenters. The van der Waals surface area contributed by atoms with Gasteiger partial charge in [0.25, 0.3) is 0 Å². The van der Waals surface area contributed by atoms with E-state index < -0.39 is 26.7 Å². The predicted molar refractivity (Wildman–Crippen MR) is 96.8 cm³/mol. The van der Waals surface area contributed by atoms with Crippen LogP contribution in [0.5, 0.6) is 5.75 Å². The maximum absolute atomic E-state index is 13.2. The van der Waals surface area contributed by atoms with Crippen molar-refractivity contribution >= 4 is 16.0 Å². The van der Waals surface area contributed by atoms with Gasteiger partial charge in [-0.3, -0.25) is 4.79 Å². The number of hydrogen-bond acceptors (Lipinski definition) is 6. The van der Waals surface area contributed by atoms with E-state index in [1.54, 1.807) is 31.2 Å². The Morgan fingerprint density at radius 2 is 2.07 bits per heavy atom. The van der Waals surface area contributed by atoms with Crippen LogP contribution in [0.4, 0.5) is 0 Å². The average Bonchev–Trinajstić information content (AvgIpc) is 3.17. The molecular weight excluding hydrogens is 370 g/mol. The van der Waals surface area contributed by atoms with Crippen LogP contribution < -0.4 is 4.74 Å². The Bertz CT molecular complexity index is 1020. The molecule has 0 amide bonds. The molecule has 142 valence electrons. The lowest BCUT2D eigenvalue weighted by molar-refractivity contribution is -0.144. The summed E-state index contributed by atoms with van der Waals surface area (Å²) in [6.07, 6.45) is 1.26. The zero-order valence-electron chi connectivity index (χ0n) is 14.9. The third-order valence-electron chi connectivity index (χ3n) is 5.07. The summed E-state index contributed by atoms with van der Waals surface area (Å²) in [5.41, 5.74) is -1.06. The summed E-state index contributed by atoms with van der Waals surface area (Å²) >= 11 is 0. The van der Waals surface area contributed by atoms with E-state index >= 15 is 0 Å². The number of carboxylic acid groups (broad SMARTS) is 1. The molecule has 1 N–H and O–H groups in total. The molecule has 9 heteroatoms. The monoisotopic (exact) mass is 389 g/mol. The van der Waals surface area contributed by atoms with Gasteiger partial charge in [-0.15, -0.1) is 0 Å². The molecule has 3 rings (SSSR count). The number of benzene rings is 1. The largest absolute Gasteiger partial charge is 0.497 e. The van der Waals surface area contributed by atoms with Crippen molar-refractivity contribution in [3.63, 3.8) is 0 Å². The number of aliphatic carboxylic acids is 1. The van der Waals surface area contributed by atoms with Crippen molar-refractivity contribution in [1.82, 2.24) is 8.96 Å². The van der Waals surface area contributed by atoms with Crippen LogP contribution in [0.25, 0.3) is 11.4 Å². The second-order valence-electron chi connectivity index (χ2n) is 6.34. The standard InChI is InChI=1S/C18H19N3O5S/c1-3-15-18(17(22)23,9-4-10-19)14-11-20-16(21(14)27(15,24)25)12-5-7-13(26-2)8-6-12/h5-8,11,15H,3-4,9H2,1-2H3,(H,22,23).